The predicted octanol–water partition coefficient (Wildman–Crippen LogP) is 4.46. The van der Waals surface area contributed by atoms with Gasteiger partial charge in [0.1, 0.15) is 0 Å². The Kier molecular flexibility index (Phi) is 4.93. The molecule has 0 atom stereocenters. The SMILES string of the molecule is c1cc(Cn2cccn2)cc(NC2CCCCCCC2)c1. The van der Waals surface area contributed by atoms with Crippen molar-refractivity contribution in [2.75, 3.05) is 5.32 Å². The highest BCUT2D eigenvalue weighted by Crippen LogP contribution is 2.21. The van der Waals surface area contributed by atoms with Crippen molar-refractivity contribution in [2.45, 2.75) is 57.5 Å². The Labute approximate surface area is 127 Å². The molecule has 1 aliphatic rings. The molecule has 1 saturated carbocycles. The van der Waals surface area contributed by atoms with E-state index in [1.807, 2.05) is 23.1 Å². The van der Waals surface area contributed by atoms with E-state index in [2.05, 4.69) is 34.7 Å². The van der Waals surface area contributed by atoms with E-state index in [-0.39, 0.29) is 0 Å². The minimum Gasteiger partial charge on any atom is -0.382 e. The fourth-order valence-electron chi connectivity index (χ4n) is 3.18. The van der Waals surface area contributed by atoms with Crippen LogP contribution in [0, 0.1) is 0 Å². The standard InChI is InChI=1S/C18H25N3/c1-2-4-9-17(10-5-3-1)20-18-11-6-8-16(14-18)15-21-13-7-12-19-21/h6-8,11-14,17,20H,1-5,9-10,15H2. The number of anilines is 1. The normalized spacial score (nSPS) is 17.1. The molecule has 1 fully saturated rings. The van der Waals surface area contributed by atoms with Crippen LogP contribution in [0.5, 0.6) is 0 Å². The van der Waals surface area contributed by atoms with Crippen molar-refractivity contribution in [3.63, 3.8) is 0 Å². The van der Waals surface area contributed by atoms with Gasteiger partial charge in [0.05, 0.1) is 6.54 Å². The van der Waals surface area contributed by atoms with Gasteiger partial charge in [-0.2, -0.15) is 5.10 Å². The van der Waals surface area contributed by atoms with Crippen LogP contribution in [0.15, 0.2) is 42.7 Å². The van der Waals surface area contributed by atoms with Gasteiger partial charge in [-0.15, -0.1) is 0 Å². The van der Waals surface area contributed by atoms with E-state index in [0.717, 1.165) is 6.54 Å². The number of hydrogen-bond acceptors (Lipinski definition) is 2. The smallest absolute Gasteiger partial charge is 0.0660 e. The second-order valence-corrected chi connectivity index (χ2v) is 6.09. The van der Waals surface area contributed by atoms with Crippen LogP contribution < -0.4 is 5.32 Å². The molecule has 0 bridgehead atoms. The van der Waals surface area contributed by atoms with Crippen LogP contribution in [-0.4, -0.2) is 15.8 Å². The first-order valence-electron chi connectivity index (χ1n) is 8.23. The molecule has 3 heteroatoms. The molecule has 0 spiro atoms. The first-order valence-corrected chi connectivity index (χ1v) is 8.23. The third-order valence-corrected chi connectivity index (χ3v) is 4.31. The van der Waals surface area contributed by atoms with Crippen LogP contribution in [0.25, 0.3) is 0 Å². The molecule has 3 rings (SSSR count). The fraction of sp³-hybridized carbons (Fsp3) is 0.500. The van der Waals surface area contributed by atoms with Crippen molar-refractivity contribution >= 4 is 5.69 Å². The molecule has 2 aromatic rings. The first-order chi connectivity index (χ1) is 10.4. The summed E-state index contributed by atoms with van der Waals surface area (Å²) in [5.74, 6) is 0. The average molecular weight is 283 g/mol. The van der Waals surface area contributed by atoms with Crippen molar-refractivity contribution in [3.8, 4) is 0 Å². The number of aromatic nitrogens is 2. The molecule has 21 heavy (non-hydrogen) atoms. The summed E-state index contributed by atoms with van der Waals surface area (Å²) >= 11 is 0. The van der Waals surface area contributed by atoms with E-state index >= 15 is 0 Å². The maximum Gasteiger partial charge on any atom is 0.0660 e. The fourth-order valence-corrected chi connectivity index (χ4v) is 3.18. The molecule has 0 aliphatic heterocycles. The largest absolute Gasteiger partial charge is 0.382 e. The molecule has 1 aromatic heterocycles. The lowest BCUT2D eigenvalue weighted by molar-refractivity contribution is 0.471. The molecule has 1 aromatic carbocycles. The van der Waals surface area contributed by atoms with Crippen molar-refractivity contribution in [1.29, 1.82) is 0 Å². The van der Waals surface area contributed by atoms with E-state index in [4.69, 9.17) is 0 Å². The van der Waals surface area contributed by atoms with Crippen molar-refractivity contribution in [1.82, 2.24) is 9.78 Å². The molecule has 0 amide bonds. The quantitative estimate of drug-likeness (QED) is 0.898. The molecule has 112 valence electrons. The summed E-state index contributed by atoms with van der Waals surface area (Å²) in [4.78, 5) is 0. The number of hydrogen-bond donors (Lipinski definition) is 1. The van der Waals surface area contributed by atoms with Crippen LogP contribution in [0.4, 0.5) is 5.69 Å². The number of nitrogens with zero attached hydrogens (tertiary/aromatic N) is 2. The first kappa shape index (κ1) is 14.2. The van der Waals surface area contributed by atoms with Gasteiger partial charge in [0.2, 0.25) is 0 Å². The molecular weight excluding hydrogens is 258 g/mol. The van der Waals surface area contributed by atoms with E-state index in [0.29, 0.717) is 6.04 Å². The minimum atomic E-state index is 0.644. The highest BCUT2D eigenvalue weighted by molar-refractivity contribution is 5.46. The van der Waals surface area contributed by atoms with E-state index < -0.39 is 0 Å². The highest BCUT2D eigenvalue weighted by atomic mass is 15.3. The van der Waals surface area contributed by atoms with Crippen LogP contribution in [0.2, 0.25) is 0 Å². The second-order valence-electron chi connectivity index (χ2n) is 6.09. The van der Waals surface area contributed by atoms with E-state index in [1.165, 1.54) is 56.2 Å². The summed E-state index contributed by atoms with van der Waals surface area (Å²) in [7, 11) is 0. The monoisotopic (exact) mass is 283 g/mol. The lowest BCUT2D eigenvalue weighted by Crippen LogP contribution is -2.20. The van der Waals surface area contributed by atoms with E-state index in [9.17, 15) is 0 Å². The number of nitrogens with one attached hydrogen (secondary N) is 1. The zero-order chi connectivity index (χ0) is 14.3. The Hall–Kier alpha value is -1.77. The summed E-state index contributed by atoms with van der Waals surface area (Å²) in [6.07, 6.45) is 13.4. The van der Waals surface area contributed by atoms with Crippen LogP contribution in [0.3, 0.4) is 0 Å². The molecule has 1 aliphatic carbocycles. The number of benzene rings is 1. The minimum absolute atomic E-state index is 0.644. The topological polar surface area (TPSA) is 29.9 Å². The molecular formula is C18H25N3. The summed E-state index contributed by atoms with van der Waals surface area (Å²) in [6, 6.07) is 11.4. The number of rotatable bonds is 4. The van der Waals surface area contributed by atoms with Gasteiger partial charge in [-0.25, -0.2) is 0 Å². The van der Waals surface area contributed by atoms with Crippen molar-refractivity contribution in [3.05, 3.63) is 48.3 Å². The third kappa shape index (κ3) is 4.35. The van der Waals surface area contributed by atoms with Gasteiger partial charge in [0.15, 0.2) is 0 Å². The van der Waals surface area contributed by atoms with Crippen molar-refractivity contribution < 1.29 is 0 Å². The maximum absolute atomic E-state index is 4.28. The molecule has 3 nitrogen and oxygen atoms in total. The Morgan fingerprint density at radius 2 is 1.86 bits per heavy atom. The molecule has 0 saturated heterocycles. The zero-order valence-electron chi connectivity index (χ0n) is 12.7. The van der Waals surface area contributed by atoms with Gasteiger partial charge in [0.25, 0.3) is 0 Å². The zero-order valence-corrected chi connectivity index (χ0v) is 12.7. The predicted molar refractivity (Wildman–Crippen MR) is 87.5 cm³/mol. The van der Waals surface area contributed by atoms with Gasteiger partial charge in [-0.3, -0.25) is 4.68 Å². The van der Waals surface area contributed by atoms with Gasteiger partial charge >= 0.3 is 0 Å². The van der Waals surface area contributed by atoms with E-state index in [1.54, 1.807) is 0 Å². The second kappa shape index (κ2) is 7.30. The van der Waals surface area contributed by atoms with Crippen LogP contribution in [-0.2, 0) is 6.54 Å². The molecule has 1 N–H and O–H groups in total. The molecule has 0 radical (unpaired) electrons. The summed E-state index contributed by atoms with van der Waals surface area (Å²) in [6.45, 7) is 0.840. The van der Waals surface area contributed by atoms with Gasteiger partial charge in [0, 0.05) is 24.1 Å². The van der Waals surface area contributed by atoms with Gasteiger partial charge in [-0.1, -0.05) is 44.2 Å². The summed E-state index contributed by atoms with van der Waals surface area (Å²) < 4.78 is 1.97. The Morgan fingerprint density at radius 1 is 1.05 bits per heavy atom. The third-order valence-electron chi connectivity index (χ3n) is 4.31. The Bertz CT molecular complexity index is 525. The molecule has 1 heterocycles. The summed E-state index contributed by atoms with van der Waals surface area (Å²) in [5, 5.41) is 8.01. The highest BCUT2D eigenvalue weighted by Gasteiger charge is 2.11. The lowest BCUT2D eigenvalue weighted by atomic mass is 9.96. The van der Waals surface area contributed by atoms with Gasteiger partial charge < -0.3 is 5.32 Å². The molecule has 0 unspecified atom stereocenters. The lowest BCUT2D eigenvalue weighted by Gasteiger charge is -2.22. The Morgan fingerprint density at radius 3 is 2.62 bits per heavy atom. The maximum atomic E-state index is 4.28. The Balaban J connectivity index is 1.62. The average Bonchev–Trinajstić information content (AvgIpc) is 2.95. The van der Waals surface area contributed by atoms with Crippen LogP contribution in [0.1, 0.15) is 50.5 Å². The van der Waals surface area contributed by atoms with Crippen molar-refractivity contribution in [2.24, 2.45) is 0 Å². The van der Waals surface area contributed by atoms with Gasteiger partial charge in [-0.05, 0) is 36.6 Å². The van der Waals surface area contributed by atoms with Crippen LogP contribution >= 0.6 is 0 Å². The summed E-state index contributed by atoms with van der Waals surface area (Å²) in [5.41, 5.74) is 2.56.